The molecule has 0 bridgehead atoms. The fourth-order valence-corrected chi connectivity index (χ4v) is 4.12. The van der Waals surface area contributed by atoms with Gasteiger partial charge in [-0.1, -0.05) is 18.9 Å². The summed E-state index contributed by atoms with van der Waals surface area (Å²) in [6.07, 6.45) is 11.7. The number of nitrogens with zero attached hydrogens (tertiary/aromatic N) is 2. The van der Waals surface area contributed by atoms with Crippen LogP contribution in [0.4, 0.5) is 4.79 Å². The first kappa shape index (κ1) is 18.2. The lowest BCUT2D eigenvalue weighted by atomic mass is 9.90. The Bertz CT molecular complexity index is 527. The molecule has 0 radical (unpaired) electrons. The lowest BCUT2D eigenvalue weighted by Crippen LogP contribution is -2.52. The van der Waals surface area contributed by atoms with E-state index < -0.39 is 0 Å². The van der Waals surface area contributed by atoms with E-state index in [9.17, 15) is 4.79 Å². The number of nitrogens with one attached hydrogen (secondary N) is 1. The number of carbonyl (C=O) groups excluding carboxylic acids is 1. The van der Waals surface area contributed by atoms with E-state index in [0.29, 0.717) is 5.92 Å². The molecule has 2 heterocycles. The lowest BCUT2D eigenvalue weighted by molar-refractivity contribution is 0.0135. The Morgan fingerprint density at radius 1 is 1.28 bits per heavy atom. The fraction of sp³-hybridized carbons (Fsp3) is 0.700. The minimum Gasteiger partial charge on any atom is -0.376 e. The molecular weight excluding hydrogens is 314 g/mol. The van der Waals surface area contributed by atoms with Gasteiger partial charge in [-0.2, -0.15) is 0 Å². The van der Waals surface area contributed by atoms with Crippen molar-refractivity contribution in [3.05, 3.63) is 30.1 Å². The minimum absolute atomic E-state index is 0.0939. The third-order valence-electron chi connectivity index (χ3n) is 5.54. The highest BCUT2D eigenvalue weighted by Crippen LogP contribution is 2.24. The zero-order valence-electron chi connectivity index (χ0n) is 15.3. The summed E-state index contributed by atoms with van der Waals surface area (Å²) in [5, 5.41) is 3.24. The van der Waals surface area contributed by atoms with Crippen LogP contribution in [0.1, 0.15) is 51.0 Å². The lowest BCUT2D eigenvalue weighted by Gasteiger charge is -2.36. The largest absolute Gasteiger partial charge is 0.376 e. The Balaban J connectivity index is 1.44. The van der Waals surface area contributed by atoms with Gasteiger partial charge < -0.3 is 15.0 Å². The van der Waals surface area contributed by atoms with Crippen molar-refractivity contribution in [1.29, 1.82) is 0 Å². The van der Waals surface area contributed by atoms with Crippen LogP contribution in [0.3, 0.4) is 0 Å². The molecule has 2 atom stereocenters. The normalized spacial score (nSPS) is 24.9. The van der Waals surface area contributed by atoms with Crippen molar-refractivity contribution < 1.29 is 9.53 Å². The smallest absolute Gasteiger partial charge is 0.317 e. The van der Waals surface area contributed by atoms with Gasteiger partial charge in [0.2, 0.25) is 0 Å². The molecule has 0 aromatic carbocycles. The van der Waals surface area contributed by atoms with Crippen molar-refractivity contribution >= 4 is 6.03 Å². The second-order valence-corrected chi connectivity index (χ2v) is 7.33. The van der Waals surface area contributed by atoms with E-state index >= 15 is 0 Å². The van der Waals surface area contributed by atoms with Gasteiger partial charge >= 0.3 is 6.03 Å². The van der Waals surface area contributed by atoms with Gasteiger partial charge in [0, 0.05) is 32.1 Å². The van der Waals surface area contributed by atoms with Gasteiger partial charge in [-0.05, 0) is 56.6 Å². The molecule has 1 N–H and O–H groups in total. The molecule has 25 heavy (non-hydrogen) atoms. The number of rotatable bonds is 5. The van der Waals surface area contributed by atoms with Crippen molar-refractivity contribution in [2.45, 2.75) is 64.0 Å². The van der Waals surface area contributed by atoms with Gasteiger partial charge in [0.1, 0.15) is 0 Å². The molecule has 1 saturated heterocycles. The molecule has 138 valence electrons. The van der Waals surface area contributed by atoms with Crippen molar-refractivity contribution in [1.82, 2.24) is 15.2 Å². The van der Waals surface area contributed by atoms with Crippen LogP contribution in [-0.4, -0.2) is 47.8 Å². The quantitative estimate of drug-likeness (QED) is 0.890. The Morgan fingerprint density at radius 3 is 2.80 bits per heavy atom. The molecule has 1 aliphatic heterocycles. The van der Waals surface area contributed by atoms with Crippen molar-refractivity contribution in [3.63, 3.8) is 0 Å². The van der Waals surface area contributed by atoms with Gasteiger partial charge in [-0.25, -0.2) is 4.79 Å². The Labute approximate surface area is 151 Å². The summed E-state index contributed by atoms with van der Waals surface area (Å²) in [6, 6.07) is 4.41. The number of hydrogen-bond acceptors (Lipinski definition) is 3. The molecule has 2 aliphatic rings. The Morgan fingerprint density at radius 2 is 2.08 bits per heavy atom. The van der Waals surface area contributed by atoms with Crippen LogP contribution >= 0.6 is 0 Å². The maximum absolute atomic E-state index is 12.6. The van der Waals surface area contributed by atoms with Crippen LogP contribution in [0.25, 0.3) is 0 Å². The second kappa shape index (κ2) is 9.18. The van der Waals surface area contributed by atoms with Crippen LogP contribution in [0, 0.1) is 5.92 Å². The Hall–Kier alpha value is -1.62. The number of amides is 2. The van der Waals surface area contributed by atoms with Crippen LogP contribution in [0.15, 0.2) is 24.5 Å². The zero-order chi connectivity index (χ0) is 17.5. The topological polar surface area (TPSA) is 54.5 Å². The monoisotopic (exact) mass is 345 g/mol. The molecule has 1 aliphatic carbocycles. The molecule has 1 saturated carbocycles. The number of likely N-dealkylation sites (tertiary alicyclic amines) is 1. The molecule has 1 aromatic rings. The highest BCUT2D eigenvalue weighted by atomic mass is 16.5. The standard InChI is InChI=1S/C20H31N3O2/c1-2-25-19-8-4-3-7-18(19)22-20(24)23-12-9-16(10-13-23)14-17-6-5-11-21-15-17/h5-6,11,15-16,18-19H,2-4,7-10,12-14H2,1H3,(H,22,24)/t18-,19-/m1/s1. The first-order chi connectivity index (χ1) is 12.3. The average Bonchev–Trinajstić information content (AvgIpc) is 2.65. The summed E-state index contributed by atoms with van der Waals surface area (Å²) in [5.41, 5.74) is 1.30. The first-order valence-electron chi connectivity index (χ1n) is 9.82. The molecule has 3 rings (SSSR count). The van der Waals surface area contributed by atoms with E-state index in [4.69, 9.17) is 4.74 Å². The van der Waals surface area contributed by atoms with Gasteiger partial charge in [0.25, 0.3) is 0 Å². The number of pyridine rings is 1. The number of hydrogen-bond donors (Lipinski definition) is 1. The number of urea groups is 1. The van der Waals surface area contributed by atoms with E-state index in [1.54, 1.807) is 0 Å². The first-order valence-corrected chi connectivity index (χ1v) is 9.82. The van der Waals surface area contributed by atoms with E-state index in [1.165, 1.54) is 18.4 Å². The summed E-state index contributed by atoms with van der Waals surface area (Å²) in [5.74, 6) is 0.652. The van der Waals surface area contributed by atoms with Gasteiger partial charge in [0.05, 0.1) is 12.1 Å². The van der Waals surface area contributed by atoms with Crippen LogP contribution < -0.4 is 5.32 Å². The van der Waals surface area contributed by atoms with Gasteiger partial charge in [-0.3, -0.25) is 4.98 Å². The third kappa shape index (κ3) is 5.18. The van der Waals surface area contributed by atoms with E-state index in [-0.39, 0.29) is 18.2 Å². The molecule has 2 amide bonds. The SMILES string of the molecule is CCO[C@@H]1CCCC[C@H]1NC(=O)N1CCC(Cc2cccnc2)CC1. The molecular formula is C20H31N3O2. The third-order valence-corrected chi connectivity index (χ3v) is 5.54. The molecule has 0 unspecified atom stereocenters. The Kier molecular flexibility index (Phi) is 6.68. The number of aromatic nitrogens is 1. The van der Waals surface area contributed by atoms with Gasteiger partial charge in [-0.15, -0.1) is 0 Å². The summed E-state index contributed by atoms with van der Waals surface area (Å²) in [7, 11) is 0. The molecule has 2 fully saturated rings. The number of piperidine rings is 1. The maximum Gasteiger partial charge on any atom is 0.317 e. The van der Waals surface area contributed by atoms with E-state index in [2.05, 4.69) is 16.4 Å². The maximum atomic E-state index is 12.6. The van der Waals surface area contributed by atoms with Gasteiger partial charge in [0.15, 0.2) is 0 Å². The summed E-state index contributed by atoms with van der Waals surface area (Å²) in [6.45, 7) is 4.45. The molecule has 5 heteroatoms. The van der Waals surface area contributed by atoms with E-state index in [1.807, 2.05) is 30.3 Å². The summed E-state index contributed by atoms with van der Waals surface area (Å²) >= 11 is 0. The average molecular weight is 345 g/mol. The zero-order valence-corrected chi connectivity index (χ0v) is 15.3. The number of ether oxygens (including phenoxy) is 1. The highest BCUT2D eigenvalue weighted by Gasteiger charge is 2.29. The fourth-order valence-electron chi connectivity index (χ4n) is 4.12. The minimum atomic E-state index is 0.0939. The van der Waals surface area contributed by atoms with Crippen molar-refractivity contribution in [3.8, 4) is 0 Å². The second-order valence-electron chi connectivity index (χ2n) is 7.33. The molecule has 1 aromatic heterocycles. The van der Waals surface area contributed by atoms with Crippen LogP contribution in [0.5, 0.6) is 0 Å². The van der Waals surface area contributed by atoms with E-state index in [0.717, 1.165) is 51.8 Å². The summed E-state index contributed by atoms with van der Waals surface area (Å²) in [4.78, 5) is 18.8. The molecule has 0 spiro atoms. The predicted octanol–water partition coefficient (Wildman–Crippen LogP) is 3.39. The van der Waals surface area contributed by atoms with Crippen LogP contribution in [0.2, 0.25) is 0 Å². The predicted molar refractivity (Wildman–Crippen MR) is 98.4 cm³/mol. The van der Waals surface area contributed by atoms with Crippen molar-refractivity contribution in [2.75, 3.05) is 19.7 Å². The summed E-state index contributed by atoms with van der Waals surface area (Å²) < 4.78 is 5.83. The number of carbonyl (C=O) groups is 1. The molecule has 5 nitrogen and oxygen atoms in total. The highest BCUT2D eigenvalue weighted by molar-refractivity contribution is 5.74. The van der Waals surface area contributed by atoms with Crippen molar-refractivity contribution in [2.24, 2.45) is 5.92 Å². The van der Waals surface area contributed by atoms with Crippen LogP contribution in [-0.2, 0) is 11.2 Å².